The molecule has 3 rings (SSSR count). The highest BCUT2D eigenvalue weighted by Gasteiger charge is 2.30. The van der Waals surface area contributed by atoms with E-state index in [-0.39, 0.29) is 22.8 Å². The van der Waals surface area contributed by atoms with E-state index in [2.05, 4.69) is 15.4 Å². The zero-order valence-corrected chi connectivity index (χ0v) is 16.6. The summed E-state index contributed by atoms with van der Waals surface area (Å²) >= 11 is 0. The minimum absolute atomic E-state index is 0.00591. The fourth-order valence-corrected chi connectivity index (χ4v) is 2.67. The Bertz CT molecular complexity index is 1130. The van der Waals surface area contributed by atoms with E-state index in [1.54, 1.807) is 19.3 Å². The third kappa shape index (κ3) is 5.21. The molecule has 0 spiro atoms. The van der Waals surface area contributed by atoms with Gasteiger partial charge >= 0.3 is 6.18 Å². The second-order valence-corrected chi connectivity index (χ2v) is 6.69. The number of alkyl halides is 3. The number of hydrogen-bond donors (Lipinski definition) is 3. The van der Waals surface area contributed by atoms with Crippen molar-refractivity contribution in [2.45, 2.75) is 12.2 Å². The van der Waals surface area contributed by atoms with Crippen molar-refractivity contribution in [3.05, 3.63) is 59.9 Å². The van der Waals surface area contributed by atoms with Crippen molar-refractivity contribution in [3.8, 4) is 22.9 Å². The van der Waals surface area contributed by atoms with Crippen molar-refractivity contribution in [2.24, 2.45) is 12.8 Å². The number of benzene rings is 1. The van der Waals surface area contributed by atoms with Gasteiger partial charge in [0, 0.05) is 19.4 Å². The van der Waals surface area contributed by atoms with Crippen LogP contribution in [0.4, 0.5) is 13.2 Å². The minimum atomic E-state index is -4.48. The first-order chi connectivity index (χ1) is 15.1. The number of carbonyl (C=O) groups is 2. The third-order valence-corrected chi connectivity index (χ3v) is 4.33. The van der Waals surface area contributed by atoms with E-state index in [4.69, 9.17) is 10.5 Å². The number of pyridine rings is 1. The van der Waals surface area contributed by atoms with Crippen LogP contribution in [-0.2, 0) is 18.0 Å². The Kier molecular flexibility index (Phi) is 6.44. The van der Waals surface area contributed by atoms with Gasteiger partial charge in [-0.05, 0) is 36.4 Å². The molecule has 3 aromatic rings. The molecule has 1 aromatic carbocycles. The molecule has 0 saturated carbocycles. The van der Waals surface area contributed by atoms with Crippen LogP contribution in [0.5, 0.6) is 11.6 Å². The molecule has 32 heavy (non-hydrogen) atoms. The van der Waals surface area contributed by atoms with Gasteiger partial charge in [0.2, 0.25) is 11.8 Å². The first-order valence-electron chi connectivity index (χ1n) is 9.14. The molecular formula is C20H18F3N5O4. The van der Waals surface area contributed by atoms with Crippen LogP contribution in [0.25, 0.3) is 11.3 Å². The molecule has 12 heteroatoms. The van der Waals surface area contributed by atoms with Crippen molar-refractivity contribution in [1.82, 2.24) is 20.1 Å². The first-order valence-corrected chi connectivity index (χ1v) is 9.14. The SMILES string of the molecule is Cn1ccc(-c2cc(C(=O)N[C@@H](CO)C(N)=O)cnc2Oc2ccc(C(F)(F)F)cc2)n1. The van der Waals surface area contributed by atoms with Crippen LogP contribution in [0.3, 0.4) is 0 Å². The smallest absolute Gasteiger partial charge is 0.416 e. The second-order valence-electron chi connectivity index (χ2n) is 6.69. The van der Waals surface area contributed by atoms with E-state index < -0.39 is 36.2 Å². The Balaban J connectivity index is 1.94. The largest absolute Gasteiger partial charge is 0.438 e. The van der Waals surface area contributed by atoms with Crippen LogP contribution in [0, 0.1) is 0 Å². The number of halogens is 3. The number of rotatable bonds is 7. The number of amides is 2. The maximum atomic E-state index is 12.8. The average Bonchev–Trinajstić information content (AvgIpc) is 3.17. The predicted octanol–water partition coefficient (Wildman–Crippen LogP) is 1.87. The molecule has 2 heterocycles. The van der Waals surface area contributed by atoms with Crippen molar-refractivity contribution < 1.29 is 32.6 Å². The molecule has 4 N–H and O–H groups in total. The Morgan fingerprint density at radius 3 is 2.47 bits per heavy atom. The molecule has 0 fully saturated rings. The Hall–Kier alpha value is -3.93. The van der Waals surface area contributed by atoms with Crippen LogP contribution < -0.4 is 15.8 Å². The van der Waals surface area contributed by atoms with Gasteiger partial charge in [0.15, 0.2) is 0 Å². The summed E-state index contributed by atoms with van der Waals surface area (Å²) in [4.78, 5) is 27.8. The fraction of sp³-hybridized carbons (Fsp3) is 0.200. The molecule has 0 saturated heterocycles. The Morgan fingerprint density at radius 1 is 1.25 bits per heavy atom. The minimum Gasteiger partial charge on any atom is -0.438 e. The van der Waals surface area contributed by atoms with Crippen LogP contribution in [0.15, 0.2) is 48.8 Å². The summed E-state index contributed by atoms with van der Waals surface area (Å²) in [5, 5.41) is 15.7. The number of primary amides is 1. The number of aliphatic hydroxyl groups is 1. The summed E-state index contributed by atoms with van der Waals surface area (Å²) in [7, 11) is 1.67. The molecule has 0 aliphatic rings. The number of nitrogens with two attached hydrogens (primary N) is 1. The van der Waals surface area contributed by atoms with Gasteiger partial charge in [0.1, 0.15) is 11.8 Å². The van der Waals surface area contributed by atoms with E-state index in [1.165, 1.54) is 10.7 Å². The topological polar surface area (TPSA) is 132 Å². The molecule has 1 atom stereocenters. The number of carbonyl (C=O) groups excluding carboxylic acids is 2. The van der Waals surface area contributed by atoms with Crippen molar-refractivity contribution in [2.75, 3.05) is 6.61 Å². The lowest BCUT2D eigenvalue weighted by atomic mass is 10.1. The average molecular weight is 449 g/mol. The maximum Gasteiger partial charge on any atom is 0.416 e. The molecule has 9 nitrogen and oxygen atoms in total. The summed E-state index contributed by atoms with van der Waals surface area (Å²) in [5.41, 5.74) is 4.96. The summed E-state index contributed by atoms with van der Waals surface area (Å²) in [5.74, 6) is -1.56. The number of nitrogens with zero attached hydrogens (tertiary/aromatic N) is 3. The zero-order chi connectivity index (χ0) is 23.5. The fourth-order valence-electron chi connectivity index (χ4n) is 2.67. The van der Waals surface area contributed by atoms with Crippen molar-refractivity contribution in [3.63, 3.8) is 0 Å². The summed E-state index contributed by atoms with van der Waals surface area (Å²) in [6.07, 6.45) is -1.70. The van der Waals surface area contributed by atoms with Crippen LogP contribution in [-0.4, -0.2) is 44.3 Å². The summed E-state index contributed by atoms with van der Waals surface area (Å²) in [6.45, 7) is -0.684. The van der Waals surface area contributed by atoms with Crippen LogP contribution in [0.1, 0.15) is 15.9 Å². The van der Waals surface area contributed by atoms with Gasteiger partial charge in [-0.2, -0.15) is 18.3 Å². The number of aromatic nitrogens is 3. The van der Waals surface area contributed by atoms with Gasteiger partial charge in [-0.1, -0.05) is 0 Å². The molecule has 2 aromatic heterocycles. The number of aliphatic hydroxyl groups excluding tert-OH is 1. The van der Waals surface area contributed by atoms with Gasteiger partial charge in [0.05, 0.1) is 29.0 Å². The van der Waals surface area contributed by atoms with Gasteiger partial charge < -0.3 is 20.9 Å². The van der Waals surface area contributed by atoms with E-state index >= 15 is 0 Å². The lowest BCUT2D eigenvalue weighted by molar-refractivity contribution is -0.137. The van der Waals surface area contributed by atoms with E-state index in [0.29, 0.717) is 5.69 Å². The summed E-state index contributed by atoms with van der Waals surface area (Å²) in [6, 6.07) is 5.76. The normalized spacial score (nSPS) is 12.3. The maximum absolute atomic E-state index is 12.8. The van der Waals surface area contributed by atoms with Crippen molar-refractivity contribution in [1.29, 1.82) is 0 Å². The first kappa shape index (κ1) is 22.7. The molecule has 0 radical (unpaired) electrons. The predicted molar refractivity (Wildman–Crippen MR) is 105 cm³/mol. The van der Waals surface area contributed by atoms with Crippen LogP contribution >= 0.6 is 0 Å². The molecule has 2 amide bonds. The van der Waals surface area contributed by atoms with Gasteiger partial charge in [0.25, 0.3) is 5.91 Å². The molecule has 0 aliphatic heterocycles. The Labute approximate surface area is 179 Å². The summed E-state index contributed by atoms with van der Waals surface area (Å²) < 4.78 is 45.5. The zero-order valence-electron chi connectivity index (χ0n) is 16.6. The van der Waals surface area contributed by atoms with Gasteiger partial charge in [-0.25, -0.2) is 4.98 Å². The molecule has 0 unspecified atom stereocenters. The number of aryl methyl sites for hydroxylation is 1. The molecule has 168 valence electrons. The number of hydrogen-bond acceptors (Lipinski definition) is 6. The lowest BCUT2D eigenvalue weighted by Crippen LogP contribution is -2.46. The molecular weight excluding hydrogens is 431 g/mol. The highest BCUT2D eigenvalue weighted by atomic mass is 19.4. The lowest BCUT2D eigenvalue weighted by Gasteiger charge is -2.14. The monoisotopic (exact) mass is 449 g/mol. The van der Waals surface area contributed by atoms with E-state index in [0.717, 1.165) is 30.5 Å². The highest BCUT2D eigenvalue weighted by Crippen LogP contribution is 2.34. The second kappa shape index (κ2) is 9.06. The highest BCUT2D eigenvalue weighted by molar-refractivity contribution is 5.98. The quantitative estimate of drug-likeness (QED) is 0.505. The molecule has 0 bridgehead atoms. The third-order valence-electron chi connectivity index (χ3n) is 4.33. The standard InChI is InChI=1S/C20H18F3N5O4/c1-28-7-6-15(27-28)14-8-11(18(31)26-16(10-29)17(24)30)9-25-19(14)32-13-4-2-12(3-5-13)20(21,22)23/h2-9,16,29H,10H2,1H3,(H2,24,30)(H,26,31)/t16-/m0/s1. The van der Waals surface area contributed by atoms with E-state index in [1.807, 2.05) is 0 Å². The Morgan fingerprint density at radius 2 is 1.94 bits per heavy atom. The van der Waals surface area contributed by atoms with E-state index in [9.17, 15) is 27.9 Å². The number of nitrogens with one attached hydrogen (secondary N) is 1. The number of ether oxygens (including phenoxy) is 1. The molecule has 0 aliphatic carbocycles. The van der Waals surface area contributed by atoms with Gasteiger partial charge in [-0.15, -0.1) is 0 Å². The van der Waals surface area contributed by atoms with Gasteiger partial charge in [-0.3, -0.25) is 14.3 Å². The van der Waals surface area contributed by atoms with Crippen LogP contribution in [0.2, 0.25) is 0 Å². The van der Waals surface area contributed by atoms with Crippen molar-refractivity contribution >= 4 is 11.8 Å².